The lowest BCUT2D eigenvalue weighted by atomic mass is 10.0. The van der Waals surface area contributed by atoms with Crippen molar-refractivity contribution in [2.24, 2.45) is 0 Å². The van der Waals surface area contributed by atoms with Gasteiger partial charge in [-0.15, -0.1) is 0 Å². The van der Waals surface area contributed by atoms with E-state index in [0.29, 0.717) is 13.2 Å². The highest BCUT2D eigenvalue weighted by Crippen LogP contribution is 2.30. The zero-order valence-corrected chi connectivity index (χ0v) is 10.7. The molecule has 1 fully saturated rings. The number of nitrogens with one attached hydrogen (secondary N) is 1. The molecule has 0 aliphatic carbocycles. The summed E-state index contributed by atoms with van der Waals surface area (Å²) >= 11 is 0. The van der Waals surface area contributed by atoms with E-state index in [0.717, 1.165) is 17.9 Å². The number of benzene rings is 2. The number of hydrogen-bond donors (Lipinski definition) is 1. The van der Waals surface area contributed by atoms with Gasteiger partial charge in [0.25, 0.3) is 0 Å². The van der Waals surface area contributed by atoms with Gasteiger partial charge in [-0.25, -0.2) is 0 Å². The molecule has 1 N–H and O–H groups in total. The Morgan fingerprint density at radius 2 is 1.63 bits per heavy atom. The fraction of sp³-hybridized carbons (Fsp3) is 0.250. The molecule has 0 radical (unpaired) electrons. The first-order valence-corrected chi connectivity index (χ1v) is 6.53. The summed E-state index contributed by atoms with van der Waals surface area (Å²) in [5.41, 5.74) is 1.03. The summed E-state index contributed by atoms with van der Waals surface area (Å²) in [6.07, 6.45) is 0. The molecule has 0 aromatic heterocycles. The normalized spacial score (nSPS) is 22.9. The molecule has 0 amide bonds. The molecule has 0 saturated carbocycles. The Labute approximate surface area is 113 Å². The second-order valence-electron chi connectivity index (χ2n) is 4.56. The molecule has 1 saturated heterocycles. The van der Waals surface area contributed by atoms with Crippen LogP contribution in [0.2, 0.25) is 0 Å². The molecule has 1 unspecified atom stereocenters. The summed E-state index contributed by atoms with van der Waals surface area (Å²) in [4.78, 5) is 0. The smallest absolute Gasteiger partial charge is 0.249 e. The van der Waals surface area contributed by atoms with E-state index in [9.17, 15) is 0 Å². The first-order valence-electron chi connectivity index (χ1n) is 6.53. The maximum Gasteiger partial charge on any atom is 0.249 e. The summed E-state index contributed by atoms with van der Waals surface area (Å²) in [7, 11) is 0. The van der Waals surface area contributed by atoms with Gasteiger partial charge in [-0.05, 0) is 12.1 Å². The van der Waals surface area contributed by atoms with Crippen molar-refractivity contribution in [3.63, 3.8) is 0 Å². The fourth-order valence-corrected chi connectivity index (χ4v) is 2.27. The van der Waals surface area contributed by atoms with Crippen LogP contribution in [0.4, 0.5) is 0 Å². The van der Waals surface area contributed by atoms with Crippen LogP contribution in [-0.4, -0.2) is 19.7 Å². The second-order valence-corrected chi connectivity index (χ2v) is 4.56. The van der Waals surface area contributed by atoms with Crippen LogP contribution in [0.3, 0.4) is 0 Å². The van der Waals surface area contributed by atoms with Gasteiger partial charge in [-0.1, -0.05) is 48.5 Å². The van der Waals surface area contributed by atoms with Crippen molar-refractivity contribution in [1.29, 1.82) is 0 Å². The predicted molar refractivity (Wildman–Crippen MR) is 74.0 cm³/mol. The molecule has 2 aromatic rings. The number of para-hydroxylation sites is 1. The molecular formula is C16H17NO2. The standard InChI is InChI=1S/C16H17NO2/c1-3-7-14(8-4-1)16(13-17-11-12-18-16)19-15-9-5-2-6-10-15/h1-10,17H,11-13H2. The van der Waals surface area contributed by atoms with Gasteiger partial charge < -0.3 is 14.8 Å². The Bertz CT molecular complexity index is 507. The van der Waals surface area contributed by atoms with Gasteiger partial charge in [0, 0.05) is 12.1 Å². The molecule has 0 bridgehead atoms. The van der Waals surface area contributed by atoms with Gasteiger partial charge in [-0.2, -0.15) is 0 Å². The maximum atomic E-state index is 6.14. The third-order valence-corrected chi connectivity index (χ3v) is 3.21. The first kappa shape index (κ1) is 12.2. The third-order valence-electron chi connectivity index (χ3n) is 3.21. The topological polar surface area (TPSA) is 30.5 Å². The quantitative estimate of drug-likeness (QED) is 0.914. The van der Waals surface area contributed by atoms with Crippen LogP contribution in [0.15, 0.2) is 60.7 Å². The summed E-state index contributed by atoms with van der Waals surface area (Å²) in [5.74, 6) is 0.0796. The lowest BCUT2D eigenvalue weighted by Crippen LogP contribution is -2.51. The van der Waals surface area contributed by atoms with Gasteiger partial charge in [0.1, 0.15) is 5.75 Å². The fourth-order valence-electron chi connectivity index (χ4n) is 2.27. The van der Waals surface area contributed by atoms with Crippen molar-refractivity contribution in [3.8, 4) is 5.75 Å². The van der Waals surface area contributed by atoms with Gasteiger partial charge in [-0.3, -0.25) is 0 Å². The summed E-state index contributed by atoms with van der Waals surface area (Å²) in [6, 6.07) is 19.9. The number of ether oxygens (including phenoxy) is 2. The molecule has 1 aliphatic rings. The second kappa shape index (κ2) is 5.43. The van der Waals surface area contributed by atoms with Gasteiger partial charge in [0.2, 0.25) is 5.79 Å². The lowest BCUT2D eigenvalue weighted by molar-refractivity contribution is -0.203. The van der Waals surface area contributed by atoms with Crippen molar-refractivity contribution in [2.45, 2.75) is 5.79 Å². The van der Waals surface area contributed by atoms with Crippen molar-refractivity contribution in [1.82, 2.24) is 5.32 Å². The van der Waals surface area contributed by atoms with E-state index in [1.165, 1.54) is 0 Å². The van der Waals surface area contributed by atoms with Gasteiger partial charge in [0.15, 0.2) is 0 Å². The van der Waals surface area contributed by atoms with Crippen LogP contribution in [0.1, 0.15) is 5.56 Å². The van der Waals surface area contributed by atoms with Crippen LogP contribution in [-0.2, 0) is 10.5 Å². The summed E-state index contributed by atoms with van der Waals surface area (Å²) in [5, 5.41) is 3.34. The zero-order valence-electron chi connectivity index (χ0n) is 10.7. The van der Waals surface area contributed by atoms with Crippen LogP contribution >= 0.6 is 0 Å². The maximum absolute atomic E-state index is 6.14. The largest absolute Gasteiger partial charge is 0.457 e. The predicted octanol–water partition coefficient (Wildman–Crippen LogP) is 2.54. The monoisotopic (exact) mass is 255 g/mol. The Hall–Kier alpha value is -1.84. The van der Waals surface area contributed by atoms with E-state index in [1.807, 2.05) is 60.7 Å². The molecule has 3 heteroatoms. The number of morpholine rings is 1. The molecule has 19 heavy (non-hydrogen) atoms. The average Bonchev–Trinajstić information content (AvgIpc) is 2.50. The highest BCUT2D eigenvalue weighted by molar-refractivity contribution is 5.27. The van der Waals surface area contributed by atoms with E-state index < -0.39 is 5.79 Å². The van der Waals surface area contributed by atoms with Crippen LogP contribution < -0.4 is 10.1 Å². The van der Waals surface area contributed by atoms with E-state index >= 15 is 0 Å². The first-order chi connectivity index (χ1) is 9.39. The highest BCUT2D eigenvalue weighted by Gasteiger charge is 2.37. The number of hydrogen-bond acceptors (Lipinski definition) is 3. The van der Waals surface area contributed by atoms with Gasteiger partial charge in [0.05, 0.1) is 13.2 Å². The van der Waals surface area contributed by atoms with Crippen LogP contribution in [0.5, 0.6) is 5.75 Å². The molecule has 1 atom stereocenters. The Balaban J connectivity index is 1.93. The Morgan fingerprint density at radius 3 is 2.26 bits per heavy atom. The Kier molecular flexibility index (Phi) is 3.49. The lowest BCUT2D eigenvalue weighted by Gasteiger charge is -2.38. The highest BCUT2D eigenvalue weighted by atomic mass is 16.7. The molecule has 3 nitrogen and oxygen atoms in total. The molecular weight excluding hydrogens is 238 g/mol. The van der Waals surface area contributed by atoms with E-state index in [1.54, 1.807) is 0 Å². The zero-order chi connectivity index (χ0) is 13.0. The van der Waals surface area contributed by atoms with Crippen LogP contribution in [0, 0.1) is 0 Å². The van der Waals surface area contributed by atoms with E-state index in [4.69, 9.17) is 9.47 Å². The minimum absolute atomic E-state index is 0.641. The van der Waals surface area contributed by atoms with Crippen LogP contribution in [0.25, 0.3) is 0 Å². The molecule has 0 spiro atoms. The molecule has 1 aliphatic heterocycles. The van der Waals surface area contributed by atoms with Crippen molar-refractivity contribution >= 4 is 0 Å². The SMILES string of the molecule is c1ccc(OC2(c3ccccc3)CNCCO2)cc1. The molecule has 3 rings (SSSR count). The Morgan fingerprint density at radius 1 is 0.947 bits per heavy atom. The van der Waals surface area contributed by atoms with Crippen molar-refractivity contribution in [3.05, 3.63) is 66.2 Å². The molecule has 1 heterocycles. The minimum atomic E-state index is -0.735. The van der Waals surface area contributed by atoms with Crippen molar-refractivity contribution < 1.29 is 9.47 Å². The van der Waals surface area contributed by atoms with Crippen molar-refractivity contribution in [2.75, 3.05) is 19.7 Å². The van der Waals surface area contributed by atoms with E-state index in [-0.39, 0.29) is 0 Å². The van der Waals surface area contributed by atoms with E-state index in [2.05, 4.69) is 5.32 Å². The minimum Gasteiger partial charge on any atom is -0.457 e. The summed E-state index contributed by atoms with van der Waals surface area (Å²) < 4.78 is 12.1. The summed E-state index contributed by atoms with van der Waals surface area (Å²) in [6.45, 7) is 2.14. The number of rotatable bonds is 3. The average molecular weight is 255 g/mol. The third kappa shape index (κ3) is 2.62. The molecule has 2 aromatic carbocycles. The molecule has 98 valence electrons. The van der Waals surface area contributed by atoms with Gasteiger partial charge >= 0.3 is 0 Å².